The molecular formula is C13H22N2O2. The number of nitrogens with zero attached hydrogens (tertiary/aromatic N) is 1. The maximum atomic E-state index is 5.66. The number of hydrogen-bond acceptors (Lipinski definition) is 4. The topological polar surface area (TPSA) is 51.6 Å². The van der Waals surface area contributed by atoms with Crippen LogP contribution in [-0.4, -0.2) is 31.7 Å². The van der Waals surface area contributed by atoms with Crippen LogP contribution in [0.25, 0.3) is 0 Å². The third kappa shape index (κ3) is 3.56. The van der Waals surface area contributed by atoms with E-state index in [9.17, 15) is 0 Å². The summed E-state index contributed by atoms with van der Waals surface area (Å²) < 4.78 is 11.0. The first-order valence-electron chi connectivity index (χ1n) is 6.31. The van der Waals surface area contributed by atoms with Gasteiger partial charge in [-0.1, -0.05) is 0 Å². The molecule has 1 atom stereocenters. The average molecular weight is 238 g/mol. The van der Waals surface area contributed by atoms with E-state index in [4.69, 9.17) is 14.9 Å². The third-order valence-corrected chi connectivity index (χ3v) is 3.30. The van der Waals surface area contributed by atoms with Gasteiger partial charge in [-0.3, -0.25) is 4.90 Å². The molecule has 1 fully saturated rings. The van der Waals surface area contributed by atoms with Gasteiger partial charge in [0, 0.05) is 25.3 Å². The maximum Gasteiger partial charge on any atom is 0.122 e. The predicted molar refractivity (Wildman–Crippen MR) is 66.5 cm³/mol. The van der Waals surface area contributed by atoms with E-state index in [1.165, 1.54) is 12.8 Å². The zero-order valence-corrected chi connectivity index (χ0v) is 10.5. The van der Waals surface area contributed by atoms with Crippen LogP contribution in [0.2, 0.25) is 0 Å². The molecule has 2 rings (SSSR count). The molecule has 0 spiro atoms. The number of ether oxygens (including phenoxy) is 1. The van der Waals surface area contributed by atoms with Crippen molar-refractivity contribution in [3.05, 3.63) is 23.7 Å². The molecule has 2 heterocycles. The molecule has 17 heavy (non-hydrogen) atoms. The number of rotatable bonds is 5. The minimum Gasteiger partial charge on any atom is -0.468 e. The van der Waals surface area contributed by atoms with Crippen LogP contribution in [0.15, 0.2) is 16.7 Å². The van der Waals surface area contributed by atoms with E-state index in [1.54, 1.807) is 6.26 Å². The molecule has 1 aromatic heterocycles. The van der Waals surface area contributed by atoms with Gasteiger partial charge in [-0.25, -0.2) is 0 Å². The van der Waals surface area contributed by atoms with Crippen molar-refractivity contribution in [2.45, 2.75) is 25.9 Å². The zero-order chi connectivity index (χ0) is 12.1. The van der Waals surface area contributed by atoms with E-state index >= 15 is 0 Å². The van der Waals surface area contributed by atoms with Gasteiger partial charge in [0.05, 0.1) is 19.4 Å². The van der Waals surface area contributed by atoms with Crippen LogP contribution in [0.1, 0.15) is 24.2 Å². The molecule has 0 aliphatic carbocycles. The summed E-state index contributed by atoms with van der Waals surface area (Å²) in [5.74, 6) is 1.65. The van der Waals surface area contributed by atoms with E-state index in [0.29, 0.717) is 12.5 Å². The fourth-order valence-electron chi connectivity index (χ4n) is 2.39. The smallest absolute Gasteiger partial charge is 0.122 e. The predicted octanol–water partition coefficient (Wildman–Crippen LogP) is 1.60. The Hall–Kier alpha value is -0.840. The molecule has 1 saturated heterocycles. The first-order chi connectivity index (χ1) is 8.29. The molecule has 0 bridgehead atoms. The Morgan fingerprint density at radius 2 is 2.41 bits per heavy atom. The Morgan fingerprint density at radius 3 is 3.12 bits per heavy atom. The van der Waals surface area contributed by atoms with Gasteiger partial charge in [-0.15, -0.1) is 0 Å². The van der Waals surface area contributed by atoms with E-state index in [1.807, 2.05) is 6.07 Å². The number of hydrogen-bond donors (Lipinski definition) is 1. The fraction of sp³-hybridized carbons (Fsp3) is 0.692. The minimum absolute atomic E-state index is 0.548. The first kappa shape index (κ1) is 12.6. The third-order valence-electron chi connectivity index (χ3n) is 3.30. The second-order valence-corrected chi connectivity index (χ2v) is 4.85. The summed E-state index contributed by atoms with van der Waals surface area (Å²) in [4.78, 5) is 2.29. The van der Waals surface area contributed by atoms with Crippen molar-refractivity contribution in [1.82, 2.24) is 4.90 Å². The lowest BCUT2D eigenvalue weighted by Crippen LogP contribution is -2.30. The van der Waals surface area contributed by atoms with Crippen molar-refractivity contribution in [3.8, 4) is 0 Å². The van der Waals surface area contributed by atoms with Crippen LogP contribution in [0.3, 0.4) is 0 Å². The average Bonchev–Trinajstić information content (AvgIpc) is 2.77. The second-order valence-electron chi connectivity index (χ2n) is 4.85. The van der Waals surface area contributed by atoms with Crippen LogP contribution >= 0.6 is 0 Å². The monoisotopic (exact) mass is 238 g/mol. The highest BCUT2D eigenvalue weighted by atomic mass is 16.5. The van der Waals surface area contributed by atoms with Gasteiger partial charge in [0.25, 0.3) is 0 Å². The lowest BCUT2D eigenvalue weighted by atomic mass is 10.0. The molecule has 4 heteroatoms. The van der Waals surface area contributed by atoms with Crippen LogP contribution < -0.4 is 5.73 Å². The Morgan fingerprint density at radius 1 is 1.53 bits per heavy atom. The zero-order valence-electron chi connectivity index (χ0n) is 10.5. The van der Waals surface area contributed by atoms with Gasteiger partial charge in [0.15, 0.2) is 0 Å². The second kappa shape index (κ2) is 6.19. The standard InChI is InChI=1S/C13H22N2O2/c1-15(8-11-3-2-5-16-10-11)9-13-12(7-14)4-6-17-13/h4,6,11H,2-3,5,7-10,14H2,1H3. The number of nitrogens with two attached hydrogens (primary N) is 1. The summed E-state index contributed by atoms with van der Waals surface area (Å²) in [5.41, 5.74) is 6.76. The van der Waals surface area contributed by atoms with Crippen molar-refractivity contribution in [3.63, 3.8) is 0 Å². The molecule has 96 valence electrons. The van der Waals surface area contributed by atoms with Crippen LogP contribution in [0.5, 0.6) is 0 Å². The van der Waals surface area contributed by atoms with E-state index in [-0.39, 0.29) is 0 Å². The Bertz CT molecular complexity index is 332. The highest BCUT2D eigenvalue weighted by Crippen LogP contribution is 2.17. The molecule has 1 aromatic rings. The van der Waals surface area contributed by atoms with Gasteiger partial charge in [0.1, 0.15) is 5.76 Å². The highest BCUT2D eigenvalue weighted by Gasteiger charge is 2.17. The lowest BCUT2D eigenvalue weighted by Gasteiger charge is -2.26. The largest absolute Gasteiger partial charge is 0.468 e. The Kier molecular flexibility index (Phi) is 4.59. The molecular weight excluding hydrogens is 216 g/mol. The summed E-state index contributed by atoms with van der Waals surface area (Å²) in [7, 11) is 2.12. The summed E-state index contributed by atoms with van der Waals surface area (Å²) in [6.45, 7) is 4.26. The van der Waals surface area contributed by atoms with Gasteiger partial charge in [-0.05, 0) is 31.9 Å². The molecule has 4 nitrogen and oxygen atoms in total. The fourth-order valence-corrected chi connectivity index (χ4v) is 2.39. The minimum atomic E-state index is 0.548. The van der Waals surface area contributed by atoms with Gasteiger partial charge in [-0.2, -0.15) is 0 Å². The van der Waals surface area contributed by atoms with Crippen LogP contribution in [-0.2, 0) is 17.8 Å². The van der Waals surface area contributed by atoms with E-state index < -0.39 is 0 Å². The summed E-state index contributed by atoms with van der Waals surface area (Å²) in [5, 5.41) is 0. The quantitative estimate of drug-likeness (QED) is 0.846. The van der Waals surface area contributed by atoms with Gasteiger partial charge < -0.3 is 14.9 Å². The summed E-state index contributed by atoms with van der Waals surface area (Å²) >= 11 is 0. The van der Waals surface area contributed by atoms with E-state index in [2.05, 4.69) is 11.9 Å². The molecule has 0 aromatic carbocycles. The van der Waals surface area contributed by atoms with Crippen molar-refractivity contribution >= 4 is 0 Å². The SMILES string of the molecule is CN(Cc1occc1CN)CC1CCCOC1. The van der Waals surface area contributed by atoms with Crippen LogP contribution in [0, 0.1) is 5.92 Å². The molecule has 1 unspecified atom stereocenters. The van der Waals surface area contributed by atoms with Crippen molar-refractivity contribution in [1.29, 1.82) is 0 Å². The first-order valence-corrected chi connectivity index (χ1v) is 6.31. The summed E-state index contributed by atoms with van der Waals surface area (Å²) in [6.07, 6.45) is 4.18. The van der Waals surface area contributed by atoms with Crippen molar-refractivity contribution in [2.75, 3.05) is 26.8 Å². The van der Waals surface area contributed by atoms with Crippen molar-refractivity contribution < 1.29 is 9.15 Å². The normalized spacial score (nSPS) is 21.0. The maximum absolute atomic E-state index is 5.66. The van der Waals surface area contributed by atoms with Gasteiger partial charge >= 0.3 is 0 Å². The van der Waals surface area contributed by atoms with Gasteiger partial charge in [0.2, 0.25) is 0 Å². The van der Waals surface area contributed by atoms with Crippen LogP contribution in [0.4, 0.5) is 0 Å². The van der Waals surface area contributed by atoms with E-state index in [0.717, 1.165) is 37.6 Å². The molecule has 2 N–H and O–H groups in total. The molecule has 0 radical (unpaired) electrons. The lowest BCUT2D eigenvalue weighted by molar-refractivity contribution is 0.0403. The Balaban J connectivity index is 1.82. The summed E-state index contributed by atoms with van der Waals surface area (Å²) in [6, 6.07) is 1.95. The molecule has 0 amide bonds. The molecule has 1 aliphatic rings. The Labute approximate surface area is 103 Å². The molecule has 1 aliphatic heterocycles. The number of furan rings is 1. The van der Waals surface area contributed by atoms with Crippen molar-refractivity contribution in [2.24, 2.45) is 11.7 Å². The highest BCUT2D eigenvalue weighted by molar-refractivity contribution is 5.16. The molecule has 0 saturated carbocycles.